The third-order valence-corrected chi connectivity index (χ3v) is 3.46. The van der Waals surface area contributed by atoms with Crippen molar-refractivity contribution in [1.82, 2.24) is 4.90 Å². The smallest absolute Gasteiger partial charge is 0.236 e. The highest BCUT2D eigenvalue weighted by atomic mass is 79.9. The molecule has 1 aliphatic rings. The molecule has 88 valence electrons. The number of amides is 1. The molecule has 0 radical (unpaired) electrons. The molecule has 1 aliphatic heterocycles. The number of alkyl halides is 1. The summed E-state index contributed by atoms with van der Waals surface area (Å²) in [7, 11) is 0. The van der Waals surface area contributed by atoms with E-state index in [9.17, 15) is 4.79 Å². The van der Waals surface area contributed by atoms with Gasteiger partial charge >= 0.3 is 0 Å². The lowest BCUT2D eigenvalue weighted by atomic mass is 10.1. The first-order valence-corrected chi connectivity index (χ1v) is 6.68. The molecule has 1 amide bonds. The molecule has 1 rings (SSSR count). The molecule has 0 aromatic rings. The van der Waals surface area contributed by atoms with Gasteiger partial charge in [-0.25, -0.2) is 0 Å². The lowest BCUT2D eigenvalue weighted by molar-refractivity contribution is -0.133. The number of carbonyl (C=O) groups is 1. The summed E-state index contributed by atoms with van der Waals surface area (Å²) in [5, 5.41) is 0. The van der Waals surface area contributed by atoms with Gasteiger partial charge < -0.3 is 9.64 Å². The van der Waals surface area contributed by atoms with Gasteiger partial charge in [0, 0.05) is 19.7 Å². The van der Waals surface area contributed by atoms with Crippen molar-refractivity contribution in [2.75, 3.05) is 26.3 Å². The zero-order chi connectivity index (χ0) is 11.1. The van der Waals surface area contributed by atoms with E-state index in [4.69, 9.17) is 4.74 Å². The molecule has 0 N–H and O–H groups in total. The van der Waals surface area contributed by atoms with Crippen molar-refractivity contribution in [2.45, 2.75) is 37.4 Å². The van der Waals surface area contributed by atoms with Gasteiger partial charge in [0.1, 0.15) is 0 Å². The van der Waals surface area contributed by atoms with Crippen LogP contribution >= 0.6 is 15.9 Å². The maximum atomic E-state index is 11.7. The van der Waals surface area contributed by atoms with Crippen LogP contribution in [0.1, 0.15) is 32.6 Å². The summed E-state index contributed by atoms with van der Waals surface area (Å²) in [5.74, 6) is 0.223. The number of carbonyl (C=O) groups excluding carboxylic acids is 1. The lowest BCUT2D eigenvalue weighted by Crippen LogP contribution is -2.43. The van der Waals surface area contributed by atoms with Gasteiger partial charge in [0.15, 0.2) is 0 Å². The van der Waals surface area contributed by atoms with Crippen molar-refractivity contribution in [2.24, 2.45) is 0 Å². The van der Waals surface area contributed by atoms with Crippen LogP contribution in [0.4, 0.5) is 0 Å². The van der Waals surface area contributed by atoms with Gasteiger partial charge in [0.05, 0.1) is 11.4 Å². The fourth-order valence-corrected chi connectivity index (χ4v) is 2.25. The van der Waals surface area contributed by atoms with E-state index in [2.05, 4.69) is 22.9 Å². The Morgan fingerprint density at radius 3 is 3.07 bits per heavy atom. The molecule has 3 nitrogen and oxygen atoms in total. The zero-order valence-corrected chi connectivity index (χ0v) is 11.0. The maximum Gasteiger partial charge on any atom is 0.236 e. The highest BCUT2D eigenvalue weighted by Crippen LogP contribution is 2.17. The fourth-order valence-electron chi connectivity index (χ4n) is 1.64. The molecule has 4 heteroatoms. The van der Waals surface area contributed by atoms with Crippen molar-refractivity contribution >= 4 is 21.8 Å². The molecule has 0 aliphatic carbocycles. The molecule has 0 bridgehead atoms. The number of hydrogen-bond acceptors (Lipinski definition) is 2. The number of ether oxygens (including phenoxy) is 1. The first-order chi connectivity index (χ1) is 7.25. The molecule has 1 fully saturated rings. The Labute approximate surface area is 100 Å². The molecule has 0 spiro atoms. The van der Waals surface area contributed by atoms with Crippen LogP contribution in [0.5, 0.6) is 0 Å². The number of piperidine rings is 1. The SMILES string of the molecule is CCCCOCCN1CCCC(Br)C1=O. The highest BCUT2D eigenvalue weighted by Gasteiger charge is 2.25. The van der Waals surface area contributed by atoms with Crippen molar-refractivity contribution < 1.29 is 9.53 Å². The second-order valence-electron chi connectivity index (χ2n) is 3.90. The zero-order valence-electron chi connectivity index (χ0n) is 9.38. The molecule has 0 saturated carbocycles. The monoisotopic (exact) mass is 277 g/mol. The van der Waals surface area contributed by atoms with Crippen molar-refractivity contribution in [3.05, 3.63) is 0 Å². The van der Waals surface area contributed by atoms with Crippen LogP contribution in [0, 0.1) is 0 Å². The number of unbranched alkanes of at least 4 members (excludes halogenated alkanes) is 1. The van der Waals surface area contributed by atoms with Gasteiger partial charge in [0.25, 0.3) is 0 Å². The number of nitrogens with zero attached hydrogens (tertiary/aromatic N) is 1. The topological polar surface area (TPSA) is 29.5 Å². The minimum absolute atomic E-state index is 0.0295. The summed E-state index contributed by atoms with van der Waals surface area (Å²) >= 11 is 3.40. The number of likely N-dealkylation sites (tertiary alicyclic amines) is 1. The quantitative estimate of drug-likeness (QED) is 0.550. The minimum Gasteiger partial charge on any atom is -0.380 e. The summed E-state index contributed by atoms with van der Waals surface area (Å²) in [6.07, 6.45) is 4.32. The van der Waals surface area contributed by atoms with E-state index in [-0.39, 0.29) is 10.7 Å². The van der Waals surface area contributed by atoms with E-state index in [1.165, 1.54) is 0 Å². The number of halogens is 1. The Morgan fingerprint density at radius 2 is 2.33 bits per heavy atom. The molecule has 1 heterocycles. The average Bonchev–Trinajstić information content (AvgIpc) is 2.24. The molecule has 1 atom stereocenters. The van der Waals surface area contributed by atoms with E-state index in [1.807, 2.05) is 4.90 Å². The van der Waals surface area contributed by atoms with E-state index in [0.29, 0.717) is 6.61 Å². The maximum absolute atomic E-state index is 11.7. The predicted molar refractivity (Wildman–Crippen MR) is 64.3 cm³/mol. The Bertz CT molecular complexity index is 199. The summed E-state index contributed by atoms with van der Waals surface area (Å²) in [5.41, 5.74) is 0. The summed E-state index contributed by atoms with van der Waals surface area (Å²) in [4.78, 5) is 13.6. The summed E-state index contributed by atoms with van der Waals surface area (Å²) in [6, 6.07) is 0. The first kappa shape index (κ1) is 13.0. The van der Waals surface area contributed by atoms with Gasteiger partial charge in [-0.3, -0.25) is 4.79 Å². The average molecular weight is 278 g/mol. The molecular formula is C11H20BrNO2. The number of hydrogen-bond donors (Lipinski definition) is 0. The van der Waals surface area contributed by atoms with Gasteiger partial charge in [-0.1, -0.05) is 29.3 Å². The van der Waals surface area contributed by atoms with Crippen LogP contribution < -0.4 is 0 Å². The van der Waals surface area contributed by atoms with Crippen LogP contribution in [0.2, 0.25) is 0 Å². The van der Waals surface area contributed by atoms with E-state index >= 15 is 0 Å². The van der Waals surface area contributed by atoms with E-state index < -0.39 is 0 Å². The Kier molecular flexibility index (Phi) is 6.25. The summed E-state index contributed by atoms with van der Waals surface area (Å²) < 4.78 is 5.45. The third-order valence-electron chi connectivity index (χ3n) is 2.61. The fraction of sp³-hybridized carbons (Fsp3) is 0.909. The van der Waals surface area contributed by atoms with Crippen LogP contribution in [0.3, 0.4) is 0 Å². The molecular weight excluding hydrogens is 258 g/mol. The van der Waals surface area contributed by atoms with Gasteiger partial charge in [-0.2, -0.15) is 0 Å². The van der Waals surface area contributed by atoms with Crippen molar-refractivity contribution in [3.63, 3.8) is 0 Å². The minimum atomic E-state index is 0.0295. The van der Waals surface area contributed by atoms with Gasteiger partial charge in [-0.15, -0.1) is 0 Å². The van der Waals surface area contributed by atoms with Gasteiger partial charge in [-0.05, 0) is 19.3 Å². The summed E-state index contributed by atoms with van der Waals surface area (Å²) in [6.45, 7) is 5.26. The molecule has 15 heavy (non-hydrogen) atoms. The van der Waals surface area contributed by atoms with Crippen LogP contribution in [0.25, 0.3) is 0 Å². The predicted octanol–water partition coefficient (Wildman–Crippen LogP) is 2.19. The Hall–Kier alpha value is -0.0900. The lowest BCUT2D eigenvalue weighted by Gasteiger charge is -2.29. The number of rotatable bonds is 6. The molecule has 0 aromatic carbocycles. The molecule has 1 unspecified atom stereocenters. The van der Waals surface area contributed by atoms with Crippen LogP contribution in [-0.4, -0.2) is 41.9 Å². The van der Waals surface area contributed by atoms with E-state index in [1.54, 1.807) is 0 Å². The largest absolute Gasteiger partial charge is 0.380 e. The van der Waals surface area contributed by atoms with Crippen molar-refractivity contribution in [1.29, 1.82) is 0 Å². The Morgan fingerprint density at radius 1 is 1.53 bits per heavy atom. The standard InChI is InChI=1S/C11H20BrNO2/c1-2-3-8-15-9-7-13-6-4-5-10(12)11(13)14/h10H,2-9H2,1H3. The van der Waals surface area contributed by atoms with Gasteiger partial charge in [0.2, 0.25) is 5.91 Å². The second kappa shape index (κ2) is 7.23. The first-order valence-electron chi connectivity index (χ1n) is 5.76. The normalized spacial score (nSPS) is 22.1. The Balaban J connectivity index is 2.12. The van der Waals surface area contributed by atoms with Crippen molar-refractivity contribution in [3.8, 4) is 0 Å². The van der Waals surface area contributed by atoms with E-state index in [0.717, 1.165) is 45.4 Å². The van der Waals surface area contributed by atoms with Crippen LogP contribution in [0.15, 0.2) is 0 Å². The van der Waals surface area contributed by atoms with Crippen LogP contribution in [-0.2, 0) is 9.53 Å². The second-order valence-corrected chi connectivity index (χ2v) is 5.01. The third kappa shape index (κ3) is 4.51. The molecule has 0 aromatic heterocycles. The molecule has 1 saturated heterocycles. The highest BCUT2D eigenvalue weighted by molar-refractivity contribution is 9.10.